The Morgan fingerprint density at radius 2 is 1.94 bits per heavy atom. The van der Waals surface area contributed by atoms with Gasteiger partial charge in [0.15, 0.2) is 0 Å². The molecule has 2 rings (SSSR count). The first-order valence-corrected chi connectivity index (χ1v) is 6.01. The van der Waals surface area contributed by atoms with E-state index in [1.54, 1.807) is 0 Å². The van der Waals surface area contributed by atoms with E-state index < -0.39 is 11.7 Å². The van der Waals surface area contributed by atoms with Crippen LogP contribution in [0.3, 0.4) is 0 Å². The molecule has 1 unspecified atom stereocenters. The lowest BCUT2D eigenvalue weighted by molar-refractivity contribution is -0.137. The number of alkyl halides is 3. The predicted molar refractivity (Wildman–Crippen MR) is 64.2 cm³/mol. The molecule has 0 amide bonds. The number of rotatable bonds is 3. The van der Waals surface area contributed by atoms with Gasteiger partial charge in [-0.25, -0.2) is 0 Å². The Hall–Kier alpha value is -1.07. The van der Waals surface area contributed by atoms with E-state index in [1.165, 1.54) is 12.1 Å². The molecule has 1 heterocycles. The molecule has 0 bridgehead atoms. The maximum atomic E-state index is 12.4. The van der Waals surface area contributed by atoms with E-state index in [2.05, 4.69) is 17.6 Å². The van der Waals surface area contributed by atoms with Gasteiger partial charge >= 0.3 is 6.18 Å². The van der Waals surface area contributed by atoms with E-state index in [9.17, 15) is 13.2 Å². The van der Waals surface area contributed by atoms with Crippen LogP contribution in [0.25, 0.3) is 0 Å². The van der Waals surface area contributed by atoms with Crippen molar-refractivity contribution in [3.8, 4) is 0 Å². The molecule has 0 saturated carbocycles. The van der Waals surface area contributed by atoms with Gasteiger partial charge in [0.05, 0.1) is 5.56 Å². The Morgan fingerprint density at radius 1 is 1.28 bits per heavy atom. The molecule has 1 aromatic rings. The van der Waals surface area contributed by atoms with Crippen molar-refractivity contribution in [1.82, 2.24) is 10.6 Å². The molecule has 2 N–H and O–H groups in total. The van der Waals surface area contributed by atoms with Crippen molar-refractivity contribution < 1.29 is 13.2 Å². The number of benzene rings is 1. The van der Waals surface area contributed by atoms with Crippen LogP contribution in [0, 0.1) is 0 Å². The average Bonchev–Trinajstić information content (AvgIpc) is 2.74. The van der Waals surface area contributed by atoms with Crippen LogP contribution in [-0.4, -0.2) is 18.6 Å². The lowest BCUT2D eigenvalue weighted by Gasteiger charge is -2.24. The Labute approximate surface area is 105 Å². The smallest absolute Gasteiger partial charge is 0.315 e. The van der Waals surface area contributed by atoms with Gasteiger partial charge in [-0.3, -0.25) is 0 Å². The molecule has 100 valence electrons. The summed E-state index contributed by atoms with van der Waals surface area (Å²) in [6, 6.07) is 5.32. The molecule has 1 aliphatic heterocycles. The molecule has 2 nitrogen and oxygen atoms in total. The highest BCUT2D eigenvalue weighted by Gasteiger charge is 2.30. The Kier molecular flexibility index (Phi) is 3.64. The van der Waals surface area contributed by atoms with Gasteiger partial charge in [0.25, 0.3) is 0 Å². The summed E-state index contributed by atoms with van der Waals surface area (Å²) < 4.78 is 37.2. The highest BCUT2D eigenvalue weighted by atomic mass is 19.4. The van der Waals surface area contributed by atoms with Crippen LogP contribution >= 0.6 is 0 Å². The summed E-state index contributed by atoms with van der Waals surface area (Å²) in [5.74, 6) is 0. The molecule has 1 aromatic carbocycles. The van der Waals surface area contributed by atoms with Crippen molar-refractivity contribution in [3.05, 3.63) is 35.4 Å². The second-order valence-corrected chi connectivity index (χ2v) is 5.04. The molecule has 0 aliphatic carbocycles. The molecular weight excluding hydrogens is 241 g/mol. The standard InChI is InChI=1S/C13H17F3N2/c1-12(6-7-17-9-12)18-8-10-2-4-11(5-3-10)13(14,15)16/h2-5,17-18H,6-9H2,1H3. The molecule has 1 saturated heterocycles. The number of halogens is 3. The van der Waals surface area contributed by atoms with E-state index in [4.69, 9.17) is 0 Å². The van der Waals surface area contributed by atoms with Crippen LogP contribution in [0.2, 0.25) is 0 Å². The van der Waals surface area contributed by atoms with Crippen molar-refractivity contribution in [2.24, 2.45) is 0 Å². The monoisotopic (exact) mass is 258 g/mol. The maximum absolute atomic E-state index is 12.4. The summed E-state index contributed by atoms with van der Waals surface area (Å²) in [7, 11) is 0. The van der Waals surface area contributed by atoms with Crippen molar-refractivity contribution in [1.29, 1.82) is 0 Å². The quantitative estimate of drug-likeness (QED) is 0.870. The molecule has 18 heavy (non-hydrogen) atoms. The van der Waals surface area contributed by atoms with Crippen LogP contribution in [0.15, 0.2) is 24.3 Å². The summed E-state index contributed by atoms with van der Waals surface area (Å²) in [5, 5.41) is 6.66. The minimum Gasteiger partial charge on any atom is -0.315 e. The second-order valence-electron chi connectivity index (χ2n) is 5.04. The van der Waals surface area contributed by atoms with Gasteiger partial charge in [0.1, 0.15) is 0 Å². The Balaban J connectivity index is 1.94. The summed E-state index contributed by atoms with van der Waals surface area (Å²) >= 11 is 0. The van der Waals surface area contributed by atoms with Gasteiger partial charge in [-0.1, -0.05) is 12.1 Å². The van der Waals surface area contributed by atoms with E-state index in [1.807, 2.05) is 0 Å². The third kappa shape index (κ3) is 3.23. The van der Waals surface area contributed by atoms with Crippen LogP contribution in [-0.2, 0) is 12.7 Å². The number of hydrogen-bond acceptors (Lipinski definition) is 2. The molecule has 0 radical (unpaired) electrons. The molecule has 1 aliphatic rings. The van der Waals surface area contributed by atoms with Crippen LogP contribution in [0.4, 0.5) is 13.2 Å². The first kappa shape index (κ1) is 13.4. The molecule has 0 spiro atoms. The lowest BCUT2D eigenvalue weighted by atomic mass is 10.0. The van der Waals surface area contributed by atoms with Crippen LogP contribution < -0.4 is 10.6 Å². The SMILES string of the molecule is CC1(NCc2ccc(C(F)(F)F)cc2)CCNC1. The zero-order valence-corrected chi connectivity index (χ0v) is 10.3. The Bertz CT molecular complexity index is 392. The molecule has 5 heteroatoms. The van der Waals surface area contributed by atoms with E-state index in [-0.39, 0.29) is 5.54 Å². The van der Waals surface area contributed by atoms with Crippen molar-refractivity contribution in [2.75, 3.05) is 13.1 Å². The van der Waals surface area contributed by atoms with Gasteiger partial charge in [-0.15, -0.1) is 0 Å². The normalized spacial score (nSPS) is 24.4. The maximum Gasteiger partial charge on any atom is 0.416 e. The van der Waals surface area contributed by atoms with Crippen molar-refractivity contribution in [3.63, 3.8) is 0 Å². The van der Waals surface area contributed by atoms with Gasteiger partial charge in [0, 0.05) is 18.6 Å². The second kappa shape index (κ2) is 4.90. The number of hydrogen-bond donors (Lipinski definition) is 2. The van der Waals surface area contributed by atoms with Crippen molar-refractivity contribution >= 4 is 0 Å². The summed E-state index contributed by atoms with van der Waals surface area (Å²) in [6.07, 6.45) is -3.22. The van der Waals surface area contributed by atoms with E-state index >= 15 is 0 Å². The lowest BCUT2D eigenvalue weighted by Crippen LogP contribution is -2.43. The fraction of sp³-hybridized carbons (Fsp3) is 0.538. The molecule has 1 atom stereocenters. The third-order valence-corrected chi connectivity index (χ3v) is 3.37. The van der Waals surface area contributed by atoms with Crippen molar-refractivity contribution in [2.45, 2.75) is 31.6 Å². The largest absolute Gasteiger partial charge is 0.416 e. The molecule has 1 fully saturated rings. The average molecular weight is 258 g/mol. The van der Waals surface area contributed by atoms with Crippen LogP contribution in [0.1, 0.15) is 24.5 Å². The fourth-order valence-electron chi connectivity index (χ4n) is 2.09. The van der Waals surface area contributed by atoms with E-state index in [0.29, 0.717) is 6.54 Å². The zero-order valence-electron chi connectivity index (χ0n) is 10.3. The Morgan fingerprint density at radius 3 is 2.44 bits per heavy atom. The van der Waals surface area contributed by atoms with Gasteiger partial charge < -0.3 is 10.6 Å². The van der Waals surface area contributed by atoms with Gasteiger partial charge in [0.2, 0.25) is 0 Å². The minimum atomic E-state index is -4.26. The fourth-order valence-corrected chi connectivity index (χ4v) is 2.09. The molecule has 0 aromatic heterocycles. The highest BCUT2D eigenvalue weighted by molar-refractivity contribution is 5.24. The van der Waals surface area contributed by atoms with Crippen LogP contribution in [0.5, 0.6) is 0 Å². The summed E-state index contributed by atoms with van der Waals surface area (Å²) in [5.41, 5.74) is 0.319. The third-order valence-electron chi connectivity index (χ3n) is 3.37. The summed E-state index contributed by atoms with van der Waals surface area (Å²) in [4.78, 5) is 0. The summed E-state index contributed by atoms with van der Waals surface area (Å²) in [6.45, 7) is 4.59. The van der Waals surface area contributed by atoms with Gasteiger partial charge in [-0.2, -0.15) is 13.2 Å². The zero-order chi connectivity index (χ0) is 13.2. The highest BCUT2D eigenvalue weighted by Crippen LogP contribution is 2.29. The topological polar surface area (TPSA) is 24.1 Å². The van der Waals surface area contributed by atoms with E-state index in [0.717, 1.165) is 37.2 Å². The first-order chi connectivity index (χ1) is 8.39. The first-order valence-electron chi connectivity index (χ1n) is 6.01. The van der Waals surface area contributed by atoms with Gasteiger partial charge in [-0.05, 0) is 37.6 Å². The minimum absolute atomic E-state index is 0.0443. The predicted octanol–water partition coefficient (Wildman–Crippen LogP) is 2.55. The number of nitrogens with one attached hydrogen (secondary N) is 2. The molecular formula is C13H17F3N2.